The first-order valence-electron chi connectivity index (χ1n) is 10.6. The van der Waals surface area contributed by atoms with Gasteiger partial charge in [-0.3, -0.25) is 9.10 Å². The van der Waals surface area contributed by atoms with Gasteiger partial charge in [-0.15, -0.1) is 0 Å². The molecule has 9 heteroatoms. The van der Waals surface area contributed by atoms with Gasteiger partial charge in [0.15, 0.2) is 0 Å². The van der Waals surface area contributed by atoms with Crippen molar-refractivity contribution in [2.24, 2.45) is 0 Å². The zero-order valence-corrected chi connectivity index (χ0v) is 20.3. The first-order valence-corrected chi connectivity index (χ1v) is 12.5. The predicted molar refractivity (Wildman–Crippen MR) is 135 cm³/mol. The summed E-state index contributed by atoms with van der Waals surface area (Å²) in [7, 11) is -2.67. The van der Waals surface area contributed by atoms with Crippen molar-refractivity contribution in [3.05, 3.63) is 84.0 Å². The molecule has 0 aliphatic carbocycles. The Morgan fingerprint density at radius 3 is 2.53 bits per heavy atom. The number of fused-ring (bicyclic) bond motifs is 1. The smallest absolute Gasteiger partial charge is 0.264 e. The molecule has 0 bridgehead atoms. The Labute approximate surface area is 203 Å². The molecule has 0 aliphatic rings. The number of benzene rings is 3. The summed E-state index contributed by atoms with van der Waals surface area (Å²) in [6, 6.07) is 20.1. The van der Waals surface area contributed by atoms with Gasteiger partial charge in [-0.2, -0.15) is 0 Å². The molecule has 0 saturated carbocycles. The largest absolute Gasteiger partial charge is 0.495 e. The lowest BCUT2D eigenvalue weighted by Gasteiger charge is -2.26. The van der Waals surface area contributed by atoms with Gasteiger partial charge in [-0.1, -0.05) is 29.8 Å². The van der Waals surface area contributed by atoms with Crippen LogP contribution in [0.25, 0.3) is 10.9 Å². The molecule has 0 saturated heterocycles. The second-order valence-electron chi connectivity index (χ2n) is 7.56. The van der Waals surface area contributed by atoms with E-state index in [1.807, 2.05) is 24.4 Å². The van der Waals surface area contributed by atoms with Crippen molar-refractivity contribution in [1.29, 1.82) is 0 Å². The number of methoxy groups -OCH3 is 1. The van der Waals surface area contributed by atoms with Crippen molar-refractivity contribution in [2.45, 2.75) is 18.4 Å². The second kappa shape index (κ2) is 9.79. The van der Waals surface area contributed by atoms with E-state index in [-0.39, 0.29) is 16.3 Å². The average Bonchev–Trinajstić information content (AvgIpc) is 3.25. The van der Waals surface area contributed by atoms with Crippen LogP contribution in [0, 0.1) is 0 Å². The number of ether oxygens (including phenoxy) is 1. The zero-order valence-electron chi connectivity index (χ0n) is 18.7. The summed E-state index contributed by atoms with van der Waals surface area (Å²) >= 11 is 6.17. The number of halogens is 1. The third-order valence-corrected chi connectivity index (χ3v) is 7.43. The molecule has 4 aromatic rings. The Kier molecular flexibility index (Phi) is 6.81. The van der Waals surface area contributed by atoms with Gasteiger partial charge >= 0.3 is 0 Å². The highest BCUT2D eigenvalue weighted by Crippen LogP contribution is 2.35. The van der Waals surface area contributed by atoms with E-state index in [4.69, 9.17) is 16.3 Å². The van der Waals surface area contributed by atoms with Crippen LogP contribution in [0.4, 0.5) is 11.4 Å². The molecule has 1 amide bonds. The Morgan fingerprint density at radius 1 is 1.06 bits per heavy atom. The summed E-state index contributed by atoms with van der Waals surface area (Å²) in [6.07, 6.45) is 1.98. The van der Waals surface area contributed by atoms with Gasteiger partial charge in [0.2, 0.25) is 5.91 Å². The minimum Gasteiger partial charge on any atom is -0.495 e. The number of anilines is 2. The number of nitrogens with zero attached hydrogens (tertiary/aromatic N) is 2. The predicted octanol–water partition coefficient (Wildman–Crippen LogP) is 5.16. The van der Waals surface area contributed by atoms with E-state index in [1.165, 1.54) is 25.3 Å². The number of carbonyl (C=O) groups excluding carboxylic acids is 1. The van der Waals surface area contributed by atoms with E-state index in [9.17, 15) is 13.2 Å². The Hall–Kier alpha value is -3.49. The van der Waals surface area contributed by atoms with Gasteiger partial charge in [-0.05, 0) is 61.5 Å². The highest BCUT2D eigenvalue weighted by Gasteiger charge is 2.29. The first-order chi connectivity index (χ1) is 16.3. The molecule has 1 N–H and O–H groups in total. The number of aromatic nitrogens is 1. The lowest BCUT2D eigenvalue weighted by molar-refractivity contribution is -0.114. The van der Waals surface area contributed by atoms with Crippen molar-refractivity contribution < 1.29 is 17.9 Å². The zero-order chi connectivity index (χ0) is 24.3. The van der Waals surface area contributed by atoms with Crippen LogP contribution in [0.1, 0.15) is 6.92 Å². The van der Waals surface area contributed by atoms with Crippen molar-refractivity contribution in [2.75, 3.05) is 23.3 Å². The van der Waals surface area contributed by atoms with Gasteiger partial charge < -0.3 is 14.6 Å². The Balaban J connectivity index is 1.68. The maximum atomic E-state index is 13.6. The summed E-state index contributed by atoms with van der Waals surface area (Å²) in [4.78, 5) is 13.1. The minimum atomic E-state index is -4.10. The van der Waals surface area contributed by atoms with Gasteiger partial charge in [0, 0.05) is 34.4 Å². The highest BCUT2D eigenvalue weighted by atomic mass is 35.5. The third kappa shape index (κ3) is 4.73. The van der Waals surface area contributed by atoms with Crippen LogP contribution in [-0.4, -0.2) is 32.5 Å². The molecule has 0 aliphatic heterocycles. The Morgan fingerprint density at radius 2 is 1.82 bits per heavy atom. The fourth-order valence-corrected chi connectivity index (χ4v) is 5.37. The van der Waals surface area contributed by atoms with Crippen molar-refractivity contribution >= 4 is 49.8 Å². The molecule has 7 nitrogen and oxygen atoms in total. The fraction of sp³-hybridized carbons (Fsp3) is 0.160. The second-order valence-corrected chi connectivity index (χ2v) is 9.86. The number of hydrogen-bond donors (Lipinski definition) is 1. The van der Waals surface area contributed by atoms with Gasteiger partial charge in [0.1, 0.15) is 12.3 Å². The van der Waals surface area contributed by atoms with Crippen LogP contribution in [0.3, 0.4) is 0 Å². The maximum absolute atomic E-state index is 13.6. The van der Waals surface area contributed by atoms with E-state index in [0.717, 1.165) is 21.8 Å². The lowest BCUT2D eigenvalue weighted by Crippen LogP contribution is -2.38. The lowest BCUT2D eigenvalue weighted by atomic mass is 10.2. The number of hydrogen-bond acceptors (Lipinski definition) is 4. The van der Waals surface area contributed by atoms with Gasteiger partial charge in [-0.25, -0.2) is 8.42 Å². The van der Waals surface area contributed by atoms with Crippen molar-refractivity contribution in [1.82, 2.24) is 4.57 Å². The highest BCUT2D eigenvalue weighted by molar-refractivity contribution is 7.92. The number of amides is 1. The molecule has 0 atom stereocenters. The molecule has 0 radical (unpaired) electrons. The number of carbonyl (C=O) groups is 1. The summed E-state index contributed by atoms with van der Waals surface area (Å²) in [5.41, 5.74) is 1.79. The van der Waals surface area contributed by atoms with E-state index in [2.05, 4.69) is 16.8 Å². The molecule has 0 spiro atoms. The molecule has 1 heterocycles. The summed E-state index contributed by atoms with van der Waals surface area (Å²) < 4.78 is 35.6. The van der Waals surface area contributed by atoms with Gasteiger partial charge in [0.25, 0.3) is 10.0 Å². The van der Waals surface area contributed by atoms with Crippen LogP contribution in [0.2, 0.25) is 5.02 Å². The SMILES string of the molecule is CCn1ccc2cc(NC(=O)CN(c3cc(Cl)ccc3OC)S(=O)(=O)c3ccccc3)ccc21. The first kappa shape index (κ1) is 23.7. The standard InChI is InChI=1S/C25H24ClN3O4S/c1-3-28-14-13-18-15-20(10-11-22(18)28)27-25(30)17-29(23-16-19(26)9-12-24(23)33-2)34(31,32)21-7-5-4-6-8-21/h4-16H,3,17H2,1-2H3,(H,27,30). The summed E-state index contributed by atoms with van der Waals surface area (Å²) in [5.74, 6) is -0.227. The normalized spacial score (nSPS) is 11.4. The topological polar surface area (TPSA) is 80.6 Å². The molecular formula is C25H24ClN3O4S. The van der Waals surface area contributed by atoms with E-state index >= 15 is 0 Å². The molecule has 34 heavy (non-hydrogen) atoms. The quantitative estimate of drug-likeness (QED) is 0.364. The molecule has 4 rings (SSSR count). The number of rotatable bonds is 8. The van der Waals surface area contributed by atoms with Crippen LogP contribution in [0.5, 0.6) is 5.75 Å². The molecule has 0 fully saturated rings. The van der Waals surface area contributed by atoms with E-state index in [1.54, 1.807) is 36.4 Å². The molecular weight excluding hydrogens is 474 g/mol. The molecule has 3 aromatic carbocycles. The number of aryl methyl sites for hydroxylation is 1. The van der Waals surface area contributed by atoms with Crippen LogP contribution < -0.4 is 14.4 Å². The van der Waals surface area contributed by atoms with Gasteiger partial charge in [0.05, 0.1) is 17.7 Å². The molecule has 1 aromatic heterocycles. The average molecular weight is 498 g/mol. The third-order valence-electron chi connectivity index (χ3n) is 5.42. The number of sulfonamides is 1. The summed E-state index contributed by atoms with van der Waals surface area (Å²) in [6.45, 7) is 2.42. The van der Waals surface area contributed by atoms with Crippen LogP contribution in [-0.2, 0) is 21.4 Å². The van der Waals surface area contributed by atoms with Crippen LogP contribution in [0.15, 0.2) is 83.9 Å². The number of nitrogens with one attached hydrogen (secondary N) is 1. The Bertz CT molecular complexity index is 1440. The monoisotopic (exact) mass is 497 g/mol. The summed E-state index contributed by atoms with van der Waals surface area (Å²) in [5, 5.41) is 4.10. The van der Waals surface area contributed by atoms with Crippen molar-refractivity contribution in [3.63, 3.8) is 0 Å². The van der Waals surface area contributed by atoms with Crippen LogP contribution >= 0.6 is 11.6 Å². The maximum Gasteiger partial charge on any atom is 0.264 e. The van der Waals surface area contributed by atoms with E-state index < -0.39 is 22.5 Å². The van der Waals surface area contributed by atoms with Crippen molar-refractivity contribution in [3.8, 4) is 5.75 Å². The minimum absolute atomic E-state index is 0.0483. The molecule has 0 unspecified atom stereocenters. The fourth-order valence-electron chi connectivity index (χ4n) is 3.76. The van der Waals surface area contributed by atoms with E-state index in [0.29, 0.717) is 10.7 Å². The molecule has 176 valence electrons.